The summed E-state index contributed by atoms with van der Waals surface area (Å²) >= 11 is 0.949. The molecule has 1 aliphatic rings. The minimum Gasteiger partial charge on any atom is -0.507 e. The third-order valence-electron chi connectivity index (χ3n) is 5.95. The Morgan fingerprint density at radius 1 is 1.16 bits per heavy atom. The lowest BCUT2D eigenvalue weighted by Crippen LogP contribution is -2.29. The Morgan fingerprint density at radius 3 is 2.62 bits per heavy atom. The van der Waals surface area contributed by atoms with Crippen LogP contribution in [0, 0.1) is 6.92 Å². The highest BCUT2D eigenvalue weighted by Gasteiger charge is 2.48. The van der Waals surface area contributed by atoms with Gasteiger partial charge in [0, 0.05) is 18.0 Å². The molecule has 9 nitrogen and oxygen atoms in total. The number of aryl methyl sites for hydroxylation is 1. The normalized spacial score (nSPS) is 16.7. The first-order valence-electron chi connectivity index (χ1n) is 11.9. The molecular weight excluding hydrogens is 494 g/mol. The van der Waals surface area contributed by atoms with Crippen LogP contribution in [0.15, 0.2) is 54.4 Å². The van der Waals surface area contributed by atoms with Crippen molar-refractivity contribution in [3.63, 3.8) is 0 Å². The number of amides is 1. The molecule has 3 aromatic rings. The lowest BCUT2D eigenvalue weighted by Gasteiger charge is -2.23. The number of hydrogen-bond acceptors (Lipinski definition) is 9. The van der Waals surface area contributed by atoms with Crippen LogP contribution < -0.4 is 9.64 Å². The van der Waals surface area contributed by atoms with Gasteiger partial charge >= 0.3 is 11.9 Å². The van der Waals surface area contributed by atoms with Gasteiger partial charge in [0.25, 0.3) is 5.78 Å². The molecule has 10 heteroatoms. The summed E-state index contributed by atoms with van der Waals surface area (Å²) in [6.07, 6.45) is 5.97. The van der Waals surface area contributed by atoms with Gasteiger partial charge in [0.2, 0.25) is 0 Å². The van der Waals surface area contributed by atoms with E-state index < -0.39 is 23.7 Å². The summed E-state index contributed by atoms with van der Waals surface area (Å²) in [5, 5.41) is 11.3. The van der Waals surface area contributed by atoms with E-state index in [0.717, 1.165) is 30.6 Å². The van der Waals surface area contributed by atoms with E-state index in [-0.39, 0.29) is 21.3 Å². The van der Waals surface area contributed by atoms with Gasteiger partial charge in [-0.3, -0.25) is 19.5 Å². The number of hydrogen-bond donors (Lipinski definition) is 1. The zero-order valence-electron chi connectivity index (χ0n) is 20.8. The number of methoxy groups -OCH3 is 1. The largest absolute Gasteiger partial charge is 0.507 e. The summed E-state index contributed by atoms with van der Waals surface area (Å²) < 4.78 is 10.7. The molecule has 4 rings (SSSR count). The maximum absolute atomic E-state index is 13.4. The lowest BCUT2D eigenvalue weighted by atomic mass is 9.95. The van der Waals surface area contributed by atoms with E-state index in [1.165, 1.54) is 24.4 Å². The maximum atomic E-state index is 13.4. The number of anilines is 1. The number of aliphatic hydroxyl groups excluding tert-OH is 1. The molecule has 1 amide bonds. The van der Waals surface area contributed by atoms with Gasteiger partial charge < -0.3 is 14.6 Å². The number of ketones is 1. The summed E-state index contributed by atoms with van der Waals surface area (Å²) in [5.41, 5.74) is 1.17. The molecule has 1 aromatic carbocycles. The second-order valence-electron chi connectivity index (χ2n) is 8.44. The van der Waals surface area contributed by atoms with Gasteiger partial charge in [-0.25, -0.2) is 9.78 Å². The third-order valence-corrected chi connectivity index (χ3v) is 7.09. The summed E-state index contributed by atoms with van der Waals surface area (Å²) in [4.78, 5) is 48.7. The van der Waals surface area contributed by atoms with Crippen LogP contribution in [-0.2, 0) is 14.3 Å². The van der Waals surface area contributed by atoms with Crippen LogP contribution in [0.25, 0.3) is 5.76 Å². The van der Waals surface area contributed by atoms with Gasteiger partial charge in [-0.2, -0.15) is 0 Å². The molecule has 192 valence electrons. The van der Waals surface area contributed by atoms with Crippen LogP contribution in [0.2, 0.25) is 0 Å². The van der Waals surface area contributed by atoms with E-state index in [0.29, 0.717) is 29.2 Å². The molecule has 3 heterocycles. The summed E-state index contributed by atoms with van der Waals surface area (Å²) in [6.45, 7) is 4.26. The fraction of sp³-hybridized carbons (Fsp3) is 0.296. The van der Waals surface area contributed by atoms with Crippen LogP contribution in [0.4, 0.5) is 5.13 Å². The molecule has 1 aliphatic heterocycles. The fourth-order valence-electron chi connectivity index (χ4n) is 4.09. The van der Waals surface area contributed by atoms with Crippen LogP contribution >= 0.6 is 11.3 Å². The van der Waals surface area contributed by atoms with Crippen molar-refractivity contribution in [1.29, 1.82) is 0 Å². The molecule has 1 atom stereocenters. The Kier molecular flexibility index (Phi) is 7.98. The Balaban J connectivity index is 1.84. The number of ether oxygens (including phenoxy) is 2. The molecule has 0 saturated carbocycles. The van der Waals surface area contributed by atoms with E-state index >= 15 is 0 Å². The van der Waals surface area contributed by atoms with E-state index in [4.69, 9.17) is 9.47 Å². The lowest BCUT2D eigenvalue weighted by molar-refractivity contribution is -0.132. The zero-order chi connectivity index (χ0) is 26.5. The fourth-order valence-corrected chi connectivity index (χ4v) is 5.11. The van der Waals surface area contributed by atoms with E-state index in [9.17, 15) is 19.5 Å². The number of aliphatic hydroxyl groups is 1. The van der Waals surface area contributed by atoms with Crippen molar-refractivity contribution in [2.75, 3.05) is 18.6 Å². The van der Waals surface area contributed by atoms with Gasteiger partial charge in [0.05, 0.1) is 31.0 Å². The molecule has 1 saturated heterocycles. The van der Waals surface area contributed by atoms with Gasteiger partial charge in [-0.05, 0) is 43.2 Å². The Hall–Kier alpha value is -4.05. The van der Waals surface area contributed by atoms with Crippen LogP contribution in [-0.4, -0.2) is 46.5 Å². The van der Waals surface area contributed by atoms with Crippen molar-refractivity contribution in [3.05, 3.63) is 76.1 Å². The van der Waals surface area contributed by atoms with Gasteiger partial charge in [0.1, 0.15) is 16.4 Å². The Labute approximate surface area is 218 Å². The van der Waals surface area contributed by atoms with Gasteiger partial charge in [-0.1, -0.05) is 43.2 Å². The monoisotopic (exact) mass is 521 g/mol. The number of benzene rings is 1. The van der Waals surface area contributed by atoms with Crippen molar-refractivity contribution >= 4 is 39.9 Å². The molecule has 1 unspecified atom stereocenters. The number of carbonyl (C=O) groups excluding carboxylic acids is 3. The SMILES string of the molecule is CCCCCOc1cccc(C2/C(=C(\O)c3ccncc3)C(=O)C(=O)N2c2nc(C)c(C(=O)OC)s2)c1. The van der Waals surface area contributed by atoms with Gasteiger partial charge in [-0.15, -0.1) is 0 Å². The minimum absolute atomic E-state index is 0.0909. The third kappa shape index (κ3) is 5.24. The topological polar surface area (TPSA) is 119 Å². The molecule has 0 bridgehead atoms. The first-order valence-corrected chi connectivity index (χ1v) is 12.7. The highest BCUT2D eigenvalue weighted by molar-refractivity contribution is 7.17. The number of unbranched alkanes of at least 4 members (excludes halogenated alkanes) is 2. The first kappa shape index (κ1) is 26.0. The smallest absolute Gasteiger partial charge is 0.350 e. The van der Waals surface area contributed by atoms with Crippen molar-refractivity contribution in [1.82, 2.24) is 9.97 Å². The Bertz CT molecular complexity index is 1350. The predicted molar refractivity (Wildman–Crippen MR) is 139 cm³/mol. The first-order chi connectivity index (χ1) is 17.9. The quantitative estimate of drug-likeness (QED) is 0.140. The highest BCUT2D eigenvalue weighted by atomic mass is 32.1. The molecular formula is C27H27N3O6S. The van der Waals surface area contributed by atoms with E-state index in [2.05, 4.69) is 16.9 Å². The van der Waals surface area contributed by atoms with Crippen LogP contribution in [0.1, 0.15) is 58.7 Å². The number of pyridine rings is 1. The van der Waals surface area contributed by atoms with Crippen LogP contribution in [0.5, 0.6) is 5.75 Å². The molecule has 0 aliphatic carbocycles. The number of nitrogens with zero attached hydrogens (tertiary/aromatic N) is 3. The average molecular weight is 522 g/mol. The minimum atomic E-state index is -0.997. The van der Waals surface area contributed by atoms with E-state index in [1.807, 2.05) is 0 Å². The number of thiazole rings is 1. The maximum Gasteiger partial charge on any atom is 0.350 e. The predicted octanol–water partition coefficient (Wildman–Crippen LogP) is 4.83. The second-order valence-corrected chi connectivity index (χ2v) is 9.41. The van der Waals surface area contributed by atoms with Crippen molar-refractivity contribution in [2.45, 2.75) is 39.2 Å². The average Bonchev–Trinajstić information content (AvgIpc) is 3.43. The molecule has 1 fully saturated rings. The van der Waals surface area contributed by atoms with Crippen molar-refractivity contribution < 1.29 is 29.0 Å². The number of aromatic nitrogens is 2. The Morgan fingerprint density at radius 2 is 1.92 bits per heavy atom. The van der Waals surface area contributed by atoms with Crippen LogP contribution in [0.3, 0.4) is 0 Å². The zero-order valence-corrected chi connectivity index (χ0v) is 21.6. The standard InChI is InChI=1S/C27H27N3O6S/c1-4-5-6-14-36-19-9-7-8-18(15-19)21-20(22(31)17-10-12-28-13-11-17)23(32)25(33)30(21)27-29-16(2)24(37-27)26(34)35-3/h7-13,15,21,31H,4-6,14H2,1-3H3/b22-20+. The summed E-state index contributed by atoms with van der Waals surface area (Å²) in [7, 11) is 1.26. The molecule has 0 spiro atoms. The molecule has 0 radical (unpaired) electrons. The number of rotatable bonds is 9. The van der Waals surface area contributed by atoms with Crippen molar-refractivity contribution in [2.24, 2.45) is 0 Å². The van der Waals surface area contributed by atoms with Crippen molar-refractivity contribution in [3.8, 4) is 5.75 Å². The molecule has 2 aromatic heterocycles. The molecule has 1 N–H and O–H groups in total. The van der Waals surface area contributed by atoms with E-state index in [1.54, 1.807) is 43.3 Å². The van der Waals surface area contributed by atoms with Gasteiger partial charge in [0.15, 0.2) is 5.13 Å². The molecule has 37 heavy (non-hydrogen) atoms. The number of esters is 1. The number of Topliss-reactive ketones (excluding diaryl/α,β-unsaturated/α-hetero) is 1. The second kappa shape index (κ2) is 11.3. The highest BCUT2D eigenvalue weighted by Crippen LogP contribution is 2.44. The number of carbonyl (C=O) groups is 3. The summed E-state index contributed by atoms with van der Waals surface area (Å²) in [6, 6.07) is 9.17. The summed E-state index contributed by atoms with van der Waals surface area (Å²) in [5.74, 6) is -2.06.